The summed E-state index contributed by atoms with van der Waals surface area (Å²) >= 11 is 1.87. The average molecular weight is 474 g/mol. The zero-order valence-corrected chi connectivity index (χ0v) is 19.6. The monoisotopic (exact) mass is 473 g/mol. The SMILES string of the molecule is CSN1CCCC1.Fc1ccc(-c2[nH]ncc2-c2ncnc3oc(-c4ccccc4)cc23)cc1. The van der Waals surface area contributed by atoms with Gasteiger partial charge < -0.3 is 4.42 Å². The molecular weight excluding hydrogens is 449 g/mol. The number of rotatable bonds is 4. The molecule has 0 bridgehead atoms. The highest BCUT2D eigenvalue weighted by Crippen LogP contribution is 2.35. The van der Waals surface area contributed by atoms with Gasteiger partial charge in [0.15, 0.2) is 0 Å². The molecule has 1 N–H and O–H groups in total. The quantitative estimate of drug-likeness (QED) is 0.303. The minimum atomic E-state index is -0.286. The maximum atomic E-state index is 13.3. The summed E-state index contributed by atoms with van der Waals surface area (Å²) in [5.41, 5.74) is 4.56. The van der Waals surface area contributed by atoms with Crippen molar-refractivity contribution in [3.63, 3.8) is 0 Å². The summed E-state index contributed by atoms with van der Waals surface area (Å²) in [6, 6.07) is 18.0. The Labute approximate surface area is 201 Å². The number of hydrogen-bond donors (Lipinski definition) is 1. The topological polar surface area (TPSA) is 70.8 Å². The predicted molar refractivity (Wildman–Crippen MR) is 135 cm³/mol. The van der Waals surface area contributed by atoms with Gasteiger partial charge in [0, 0.05) is 29.8 Å². The molecule has 0 atom stereocenters. The number of H-pyrrole nitrogens is 1. The average Bonchev–Trinajstić information content (AvgIpc) is 3.66. The van der Waals surface area contributed by atoms with E-state index in [1.54, 1.807) is 18.3 Å². The molecule has 1 fully saturated rings. The van der Waals surface area contributed by atoms with E-state index in [1.807, 2.05) is 48.3 Å². The van der Waals surface area contributed by atoms with Gasteiger partial charge in [0.1, 0.15) is 17.9 Å². The highest BCUT2D eigenvalue weighted by atomic mass is 32.2. The number of benzene rings is 2. The van der Waals surface area contributed by atoms with Crippen molar-refractivity contribution in [2.45, 2.75) is 12.8 Å². The Morgan fingerprint density at radius 2 is 1.74 bits per heavy atom. The van der Waals surface area contributed by atoms with Gasteiger partial charge in [-0.15, -0.1) is 0 Å². The Hall–Kier alpha value is -3.49. The molecule has 0 aliphatic carbocycles. The van der Waals surface area contributed by atoms with Crippen molar-refractivity contribution in [3.05, 3.63) is 79.0 Å². The Morgan fingerprint density at radius 1 is 0.971 bits per heavy atom. The van der Waals surface area contributed by atoms with E-state index in [0.29, 0.717) is 11.4 Å². The third-order valence-corrected chi connectivity index (χ3v) is 6.62. The smallest absolute Gasteiger partial charge is 0.230 e. The largest absolute Gasteiger partial charge is 0.438 e. The predicted octanol–water partition coefficient (Wildman–Crippen LogP) is 6.45. The van der Waals surface area contributed by atoms with E-state index >= 15 is 0 Å². The van der Waals surface area contributed by atoms with E-state index in [0.717, 1.165) is 33.5 Å². The van der Waals surface area contributed by atoms with Crippen molar-refractivity contribution in [2.75, 3.05) is 19.3 Å². The first kappa shape index (κ1) is 22.3. The third-order valence-electron chi connectivity index (χ3n) is 5.74. The lowest BCUT2D eigenvalue weighted by Gasteiger charge is -2.06. The van der Waals surface area contributed by atoms with Crippen LogP contribution in [0.1, 0.15) is 12.8 Å². The van der Waals surface area contributed by atoms with Crippen molar-refractivity contribution in [3.8, 4) is 33.8 Å². The van der Waals surface area contributed by atoms with Crippen molar-refractivity contribution in [1.29, 1.82) is 0 Å². The highest BCUT2D eigenvalue weighted by molar-refractivity contribution is 7.96. The van der Waals surface area contributed by atoms with Crippen LogP contribution in [0.4, 0.5) is 4.39 Å². The molecule has 6 nitrogen and oxygen atoms in total. The number of furan rings is 1. The van der Waals surface area contributed by atoms with Crippen molar-refractivity contribution >= 4 is 23.0 Å². The lowest BCUT2D eigenvalue weighted by atomic mass is 10.0. The molecule has 6 rings (SSSR count). The number of halogens is 1. The summed E-state index contributed by atoms with van der Waals surface area (Å²) in [6.07, 6.45) is 8.13. The molecule has 0 spiro atoms. The molecule has 1 aliphatic rings. The molecule has 1 saturated heterocycles. The van der Waals surface area contributed by atoms with Crippen LogP contribution in [-0.4, -0.2) is 43.8 Å². The van der Waals surface area contributed by atoms with Crippen LogP contribution in [0.2, 0.25) is 0 Å². The first-order valence-electron chi connectivity index (χ1n) is 11.1. The summed E-state index contributed by atoms with van der Waals surface area (Å²) in [4.78, 5) is 8.71. The zero-order valence-electron chi connectivity index (χ0n) is 18.7. The molecule has 0 saturated carbocycles. The van der Waals surface area contributed by atoms with Crippen molar-refractivity contribution < 1.29 is 8.81 Å². The molecule has 0 amide bonds. The zero-order chi connectivity index (χ0) is 23.3. The molecule has 1 aliphatic heterocycles. The van der Waals surface area contributed by atoms with E-state index in [4.69, 9.17) is 4.42 Å². The van der Waals surface area contributed by atoms with Crippen LogP contribution < -0.4 is 0 Å². The normalized spacial score (nSPS) is 13.7. The highest BCUT2D eigenvalue weighted by Gasteiger charge is 2.18. The van der Waals surface area contributed by atoms with Crippen LogP contribution in [0.25, 0.3) is 44.9 Å². The molecule has 0 radical (unpaired) electrons. The molecule has 172 valence electrons. The van der Waals surface area contributed by atoms with E-state index < -0.39 is 0 Å². The molecule has 2 aromatic carbocycles. The Morgan fingerprint density at radius 3 is 2.44 bits per heavy atom. The molecule has 8 heteroatoms. The van der Waals surface area contributed by atoms with E-state index in [-0.39, 0.29) is 5.82 Å². The molecule has 4 heterocycles. The standard InChI is InChI=1S/C21H13FN4O.C5H11NS/c22-15-8-6-14(7-9-15)19-17(11-25-26-19)20-16-10-18(13-4-2-1-3-5-13)27-21(16)24-12-23-20;1-7-6-4-2-3-5-6/h1-12H,(H,25,26);2-5H2,1H3. The van der Waals surface area contributed by atoms with Gasteiger partial charge in [-0.25, -0.2) is 14.4 Å². The Bertz CT molecular complexity index is 1360. The van der Waals surface area contributed by atoms with Crippen LogP contribution in [0.15, 0.2) is 77.6 Å². The van der Waals surface area contributed by atoms with Gasteiger partial charge in [-0.2, -0.15) is 5.10 Å². The van der Waals surface area contributed by atoms with E-state index in [1.165, 1.54) is 44.4 Å². The van der Waals surface area contributed by atoms with Gasteiger partial charge in [0.2, 0.25) is 5.71 Å². The molecule has 0 unspecified atom stereocenters. The minimum absolute atomic E-state index is 0.286. The first-order chi connectivity index (χ1) is 16.7. The maximum Gasteiger partial charge on any atom is 0.230 e. The number of aromatic nitrogens is 4. The maximum absolute atomic E-state index is 13.3. The van der Waals surface area contributed by atoms with E-state index in [9.17, 15) is 4.39 Å². The lowest BCUT2D eigenvalue weighted by molar-refractivity contribution is 0.589. The minimum Gasteiger partial charge on any atom is -0.438 e. The van der Waals surface area contributed by atoms with Crippen molar-refractivity contribution in [1.82, 2.24) is 24.5 Å². The fourth-order valence-corrected chi connectivity index (χ4v) is 4.61. The van der Waals surface area contributed by atoms with Gasteiger partial charge in [0.25, 0.3) is 0 Å². The summed E-state index contributed by atoms with van der Waals surface area (Å²) in [5.74, 6) is 0.436. The summed E-state index contributed by atoms with van der Waals surface area (Å²) in [7, 11) is 0. The summed E-state index contributed by atoms with van der Waals surface area (Å²) in [5, 5.41) is 7.93. The number of aromatic amines is 1. The molecular formula is C26H24FN5OS. The van der Waals surface area contributed by atoms with Crippen LogP contribution in [-0.2, 0) is 0 Å². The van der Waals surface area contributed by atoms with Crippen LogP contribution >= 0.6 is 11.9 Å². The molecule has 34 heavy (non-hydrogen) atoms. The van der Waals surface area contributed by atoms with Gasteiger partial charge >= 0.3 is 0 Å². The fourth-order valence-electron chi connectivity index (χ4n) is 3.99. The summed E-state index contributed by atoms with van der Waals surface area (Å²) < 4.78 is 21.6. The lowest BCUT2D eigenvalue weighted by Crippen LogP contribution is -2.07. The third kappa shape index (κ3) is 4.73. The van der Waals surface area contributed by atoms with Crippen LogP contribution in [0, 0.1) is 5.82 Å². The van der Waals surface area contributed by atoms with Gasteiger partial charge in [0.05, 0.1) is 23.0 Å². The second-order valence-electron chi connectivity index (χ2n) is 7.90. The van der Waals surface area contributed by atoms with Gasteiger partial charge in [-0.1, -0.05) is 42.3 Å². The fraction of sp³-hybridized carbons (Fsp3) is 0.192. The number of nitrogens with zero attached hydrogens (tertiary/aromatic N) is 4. The molecule has 3 aromatic heterocycles. The first-order valence-corrected chi connectivity index (χ1v) is 12.3. The van der Waals surface area contributed by atoms with Gasteiger partial charge in [-0.05, 0) is 49.4 Å². The van der Waals surface area contributed by atoms with Gasteiger partial charge in [-0.3, -0.25) is 9.40 Å². The Balaban J connectivity index is 0.000000297. The van der Waals surface area contributed by atoms with Crippen LogP contribution in [0.5, 0.6) is 0 Å². The number of nitrogens with one attached hydrogen (secondary N) is 1. The van der Waals surface area contributed by atoms with Crippen LogP contribution in [0.3, 0.4) is 0 Å². The van der Waals surface area contributed by atoms with E-state index in [2.05, 4.69) is 30.7 Å². The Kier molecular flexibility index (Phi) is 6.69. The summed E-state index contributed by atoms with van der Waals surface area (Å²) in [6.45, 7) is 2.61. The number of hydrogen-bond acceptors (Lipinski definition) is 6. The van der Waals surface area contributed by atoms with Crippen molar-refractivity contribution in [2.24, 2.45) is 0 Å². The number of fused-ring (bicyclic) bond motifs is 1. The molecule has 5 aromatic rings. The second kappa shape index (κ2) is 10.2. The second-order valence-corrected chi connectivity index (χ2v) is 8.78.